The Morgan fingerprint density at radius 2 is 2.00 bits per heavy atom. The summed E-state index contributed by atoms with van der Waals surface area (Å²) >= 11 is 0. The molecule has 0 N–H and O–H groups in total. The molecule has 4 nitrogen and oxygen atoms in total. The summed E-state index contributed by atoms with van der Waals surface area (Å²) in [5, 5.41) is 8.63. The van der Waals surface area contributed by atoms with E-state index in [1.807, 2.05) is 19.9 Å². The molecule has 0 fully saturated rings. The number of nitriles is 1. The summed E-state index contributed by atoms with van der Waals surface area (Å²) in [7, 11) is 1.75. The molecule has 0 radical (unpaired) electrons. The van der Waals surface area contributed by atoms with Crippen molar-refractivity contribution in [3.63, 3.8) is 0 Å². The average molecular weight is 232 g/mol. The van der Waals surface area contributed by atoms with Gasteiger partial charge in [0, 0.05) is 13.1 Å². The Labute approximate surface area is 101 Å². The van der Waals surface area contributed by atoms with E-state index in [0.29, 0.717) is 11.3 Å². The normalized spacial score (nSPS) is 9.82. The zero-order chi connectivity index (χ0) is 12.8. The van der Waals surface area contributed by atoms with Crippen molar-refractivity contribution >= 4 is 5.91 Å². The first-order valence-electron chi connectivity index (χ1n) is 5.43. The minimum Gasteiger partial charge on any atom is -0.484 e. The molecule has 4 heteroatoms. The molecular formula is C13H16N2O2. The Hall–Kier alpha value is -2.02. The molecule has 0 aromatic heterocycles. The van der Waals surface area contributed by atoms with Crippen LogP contribution >= 0.6 is 0 Å². The van der Waals surface area contributed by atoms with Crippen molar-refractivity contribution < 1.29 is 9.53 Å². The first kappa shape index (κ1) is 13.0. The van der Waals surface area contributed by atoms with E-state index in [1.165, 1.54) is 0 Å². The fourth-order valence-corrected chi connectivity index (χ4v) is 1.16. The third kappa shape index (κ3) is 3.80. The number of hydrogen-bond donors (Lipinski definition) is 0. The van der Waals surface area contributed by atoms with Crippen LogP contribution in [0.5, 0.6) is 5.75 Å². The van der Waals surface area contributed by atoms with Crippen LogP contribution < -0.4 is 4.74 Å². The van der Waals surface area contributed by atoms with Crippen LogP contribution in [0.3, 0.4) is 0 Å². The predicted molar refractivity (Wildman–Crippen MR) is 64.6 cm³/mol. The molecule has 0 saturated carbocycles. The second kappa shape index (κ2) is 5.90. The molecule has 0 aliphatic rings. The molecule has 0 unspecified atom stereocenters. The van der Waals surface area contributed by atoms with E-state index in [-0.39, 0.29) is 18.6 Å². The van der Waals surface area contributed by atoms with Crippen molar-refractivity contribution in [1.82, 2.24) is 4.90 Å². The number of likely N-dealkylation sites (N-methyl/N-ethyl adjacent to an activating group) is 1. The van der Waals surface area contributed by atoms with Crippen molar-refractivity contribution in [2.75, 3.05) is 13.7 Å². The molecule has 0 aliphatic carbocycles. The van der Waals surface area contributed by atoms with Gasteiger partial charge in [-0.25, -0.2) is 0 Å². The van der Waals surface area contributed by atoms with Crippen molar-refractivity contribution in [1.29, 1.82) is 5.26 Å². The van der Waals surface area contributed by atoms with Crippen LogP contribution in [0.1, 0.15) is 19.4 Å². The van der Waals surface area contributed by atoms with Gasteiger partial charge in [-0.05, 0) is 38.1 Å². The Morgan fingerprint density at radius 1 is 1.41 bits per heavy atom. The van der Waals surface area contributed by atoms with E-state index in [2.05, 4.69) is 0 Å². The number of hydrogen-bond acceptors (Lipinski definition) is 3. The molecular weight excluding hydrogens is 216 g/mol. The molecule has 0 heterocycles. The highest BCUT2D eigenvalue weighted by molar-refractivity contribution is 5.77. The van der Waals surface area contributed by atoms with Gasteiger partial charge in [0.2, 0.25) is 0 Å². The maximum Gasteiger partial charge on any atom is 0.260 e. The summed E-state index contributed by atoms with van der Waals surface area (Å²) in [6.45, 7) is 3.90. The number of amides is 1. The maximum atomic E-state index is 11.6. The fourth-order valence-electron chi connectivity index (χ4n) is 1.16. The third-order valence-electron chi connectivity index (χ3n) is 2.51. The van der Waals surface area contributed by atoms with E-state index in [4.69, 9.17) is 10.00 Å². The number of benzene rings is 1. The monoisotopic (exact) mass is 232 g/mol. The van der Waals surface area contributed by atoms with Gasteiger partial charge in [0.15, 0.2) is 6.61 Å². The van der Waals surface area contributed by atoms with Crippen LogP contribution in [0.2, 0.25) is 0 Å². The van der Waals surface area contributed by atoms with Crippen LogP contribution in [0.25, 0.3) is 0 Å². The zero-order valence-corrected chi connectivity index (χ0v) is 10.3. The van der Waals surface area contributed by atoms with Gasteiger partial charge in [0.1, 0.15) is 5.75 Å². The van der Waals surface area contributed by atoms with Gasteiger partial charge < -0.3 is 9.64 Å². The maximum absolute atomic E-state index is 11.6. The summed E-state index contributed by atoms with van der Waals surface area (Å²) < 4.78 is 5.34. The highest BCUT2D eigenvalue weighted by Gasteiger charge is 2.12. The number of rotatable bonds is 4. The van der Waals surface area contributed by atoms with Gasteiger partial charge in [0.25, 0.3) is 5.91 Å². The van der Waals surface area contributed by atoms with E-state index >= 15 is 0 Å². The lowest BCUT2D eigenvalue weighted by Crippen LogP contribution is -2.36. The van der Waals surface area contributed by atoms with E-state index in [1.54, 1.807) is 36.2 Å². The second-order valence-electron chi connectivity index (χ2n) is 4.02. The number of carbonyl (C=O) groups is 1. The lowest BCUT2D eigenvalue weighted by molar-refractivity contribution is -0.133. The Bertz CT molecular complexity index is 418. The predicted octanol–water partition coefficient (Wildman–Crippen LogP) is 1.80. The lowest BCUT2D eigenvalue weighted by atomic mass is 10.2. The van der Waals surface area contributed by atoms with Crippen molar-refractivity contribution in [2.24, 2.45) is 0 Å². The Morgan fingerprint density at radius 3 is 2.47 bits per heavy atom. The molecule has 0 aliphatic heterocycles. The molecule has 1 aromatic rings. The molecule has 0 spiro atoms. The number of nitrogens with zero attached hydrogens (tertiary/aromatic N) is 2. The van der Waals surface area contributed by atoms with Gasteiger partial charge in [-0.1, -0.05) is 0 Å². The van der Waals surface area contributed by atoms with E-state index < -0.39 is 0 Å². The molecule has 0 saturated heterocycles. The average Bonchev–Trinajstić information content (AvgIpc) is 2.35. The highest BCUT2D eigenvalue weighted by atomic mass is 16.5. The summed E-state index contributed by atoms with van der Waals surface area (Å²) in [5.41, 5.74) is 0.572. The molecule has 1 rings (SSSR count). The minimum absolute atomic E-state index is 0.0145. The van der Waals surface area contributed by atoms with E-state index in [0.717, 1.165) is 0 Å². The quantitative estimate of drug-likeness (QED) is 0.795. The van der Waals surface area contributed by atoms with Crippen LogP contribution in [0, 0.1) is 11.3 Å². The van der Waals surface area contributed by atoms with Crippen molar-refractivity contribution in [3.8, 4) is 11.8 Å². The fraction of sp³-hybridized carbons (Fsp3) is 0.385. The molecule has 0 atom stereocenters. The van der Waals surface area contributed by atoms with Crippen LogP contribution in [0.15, 0.2) is 24.3 Å². The smallest absolute Gasteiger partial charge is 0.260 e. The summed E-state index contributed by atoms with van der Waals surface area (Å²) in [5.74, 6) is 0.527. The highest BCUT2D eigenvalue weighted by Crippen LogP contribution is 2.11. The van der Waals surface area contributed by atoms with Gasteiger partial charge in [-0.15, -0.1) is 0 Å². The van der Waals surface area contributed by atoms with Gasteiger partial charge in [0.05, 0.1) is 11.6 Å². The summed E-state index contributed by atoms with van der Waals surface area (Å²) in [6.07, 6.45) is 0. The Balaban J connectivity index is 2.50. The Kier molecular flexibility index (Phi) is 4.53. The van der Waals surface area contributed by atoms with Crippen LogP contribution in [-0.2, 0) is 4.79 Å². The third-order valence-corrected chi connectivity index (χ3v) is 2.51. The zero-order valence-electron chi connectivity index (χ0n) is 10.3. The largest absolute Gasteiger partial charge is 0.484 e. The molecule has 1 aromatic carbocycles. The number of ether oxygens (including phenoxy) is 1. The molecule has 17 heavy (non-hydrogen) atoms. The SMILES string of the molecule is CC(C)N(C)C(=O)COc1ccc(C#N)cc1. The molecule has 90 valence electrons. The summed E-state index contributed by atoms with van der Waals surface area (Å²) in [4.78, 5) is 13.3. The van der Waals surface area contributed by atoms with E-state index in [9.17, 15) is 4.79 Å². The standard InChI is InChI=1S/C13H16N2O2/c1-10(2)15(3)13(16)9-17-12-6-4-11(8-14)5-7-12/h4-7,10H,9H2,1-3H3. The molecule has 0 bridgehead atoms. The second-order valence-corrected chi connectivity index (χ2v) is 4.02. The van der Waals surface area contributed by atoms with Gasteiger partial charge in [-0.2, -0.15) is 5.26 Å². The first-order chi connectivity index (χ1) is 8.04. The summed E-state index contributed by atoms with van der Waals surface area (Å²) in [6, 6.07) is 8.86. The van der Waals surface area contributed by atoms with Gasteiger partial charge in [-0.3, -0.25) is 4.79 Å². The molecule has 1 amide bonds. The van der Waals surface area contributed by atoms with Crippen molar-refractivity contribution in [2.45, 2.75) is 19.9 Å². The lowest BCUT2D eigenvalue weighted by Gasteiger charge is -2.21. The minimum atomic E-state index is -0.0654. The first-order valence-corrected chi connectivity index (χ1v) is 5.43. The van der Waals surface area contributed by atoms with Crippen LogP contribution in [0.4, 0.5) is 0 Å². The topological polar surface area (TPSA) is 53.3 Å². The number of carbonyl (C=O) groups excluding carboxylic acids is 1. The van der Waals surface area contributed by atoms with Gasteiger partial charge >= 0.3 is 0 Å². The van der Waals surface area contributed by atoms with Crippen LogP contribution in [-0.4, -0.2) is 30.5 Å². The van der Waals surface area contributed by atoms with Crippen molar-refractivity contribution in [3.05, 3.63) is 29.8 Å².